The number of hydrogen-bond acceptors (Lipinski definition) is 2. The van der Waals surface area contributed by atoms with Crippen molar-refractivity contribution in [3.05, 3.63) is 82.4 Å². The molecule has 6 heteroatoms. The summed E-state index contributed by atoms with van der Waals surface area (Å²) in [6.07, 6.45) is 1.83. The van der Waals surface area contributed by atoms with Gasteiger partial charge in [-0.3, -0.25) is 4.98 Å². The highest BCUT2D eigenvalue weighted by Gasteiger charge is 2.40. The van der Waals surface area contributed by atoms with Crippen molar-refractivity contribution < 1.29 is 0 Å². The molecule has 0 amide bonds. The molecule has 1 aliphatic heterocycles. The molecule has 1 aromatic carbocycles. The van der Waals surface area contributed by atoms with Gasteiger partial charge in [-0.25, -0.2) is 0 Å². The summed E-state index contributed by atoms with van der Waals surface area (Å²) in [4.78, 5) is 6.84. The minimum atomic E-state index is 0.00819. The largest absolute Gasteiger partial charge is 0.352 e. The first-order chi connectivity index (χ1) is 13.5. The zero-order valence-electron chi connectivity index (χ0n) is 16.2. The molecule has 28 heavy (non-hydrogen) atoms. The Morgan fingerprint density at radius 3 is 2.57 bits per heavy atom. The monoisotopic (exact) mass is 410 g/mol. The highest BCUT2D eigenvalue weighted by Crippen LogP contribution is 2.41. The predicted octanol–water partition coefficient (Wildman–Crippen LogP) is 5.13. The molecule has 1 fully saturated rings. The second-order valence-electron chi connectivity index (χ2n) is 7.03. The molecule has 4 rings (SSSR count). The van der Waals surface area contributed by atoms with E-state index in [4.69, 9.17) is 23.8 Å². The standard InChI is InChI=1S/C22H23ClN4S/c1-4-26-21(20(25-22(26)28)18-10-7-8-12-24-18)16-13-14(2)27(15(16)3)19-11-6-5-9-17(19)23/h5-13,20-21H,4H2,1-3H3,(H,25,28)/t20-,21+/m1/s1. The maximum atomic E-state index is 6.50. The van der Waals surface area contributed by atoms with E-state index in [1.165, 1.54) is 11.3 Å². The molecule has 144 valence electrons. The first-order valence-corrected chi connectivity index (χ1v) is 10.2. The second kappa shape index (κ2) is 7.57. The molecular weight excluding hydrogens is 388 g/mol. The molecule has 2 atom stereocenters. The third-order valence-electron chi connectivity index (χ3n) is 5.42. The van der Waals surface area contributed by atoms with Crippen LogP contribution in [0.5, 0.6) is 0 Å². The molecule has 0 spiro atoms. The van der Waals surface area contributed by atoms with Crippen molar-refractivity contribution in [2.24, 2.45) is 0 Å². The van der Waals surface area contributed by atoms with Gasteiger partial charge < -0.3 is 14.8 Å². The Morgan fingerprint density at radius 2 is 1.89 bits per heavy atom. The number of rotatable bonds is 4. The smallest absolute Gasteiger partial charge is 0.170 e. The van der Waals surface area contributed by atoms with Crippen molar-refractivity contribution >= 4 is 28.9 Å². The number of halogens is 1. The van der Waals surface area contributed by atoms with Crippen LogP contribution in [0.3, 0.4) is 0 Å². The Labute approximate surface area is 176 Å². The number of nitrogens with zero attached hydrogens (tertiary/aromatic N) is 3. The lowest BCUT2D eigenvalue weighted by Crippen LogP contribution is -2.29. The minimum Gasteiger partial charge on any atom is -0.352 e. The van der Waals surface area contributed by atoms with Gasteiger partial charge in [0.1, 0.15) is 0 Å². The van der Waals surface area contributed by atoms with E-state index >= 15 is 0 Å². The van der Waals surface area contributed by atoms with Gasteiger partial charge in [-0.15, -0.1) is 0 Å². The van der Waals surface area contributed by atoms with Crippen LogP contribution in [0.25, 0.3) is 5.69 Å². The Kier molecular flexibility index (Phi) is 5.13. The fourth-order valence-electron chi connectivity index (χ4n) is 4.18. The molecule has 4 nitrogen and oxygen atoms in total. The lowest BCUT2D eigenvalue weighted by molar-refractivity contribution is 0.329. The molecule has 0 unspecified atom stereocenters. The molecule has 0 bridgehead atoms. The summed E-state index contributed by atoms with van der Waals surface area (Å²) >= 11 is 12.2. The Bertz CT molecular complexity index is 1010. The Balaban J connectivity index is 1.85. The highest BCUT2D eigenvalue weighted by atomic mass is 35.5. The van der Waals surface area contributed by atoms with Crippen LogP contribution in [-0.2, 0) is 0 Å². The Morgan fingerprint density at radius 1 is 1.14 bits per heavy atom. The van der Waals surface area contributed by atoms with Crippen LogP contribution in [-0.4, -0.2) is 26.1 Å². The van der Waals surface area contributed by atoms with E-state index < -0.39 is 0 Å². The van der Waals surface area contributed by atoms with Crippen molar-refractivity contribution in [3.63, 3.8) is 0 Å². The van der Waals surface area contributed by atoms with Gasteiger partial charge in [0.25, 0.3) is 0 Å². The van der Waals surface area contributed by atoms with Gasteiger partial charge in [0.05, 0.1) is 28.5 Å². The molecule has 3 aromatic rings. The SMILES string of the molecule is CCN1C(=S)N[C@H](c2ccccn2)[C@@H]1c1cc(C)n(-c2ccccc2Cl)c1C. The number of benzene rings is 1. The number of pyridine rings is 1. The second-order valence-corrected chi connectivity index (χ2v) is 7.82. The topological polar surface area (TPSA) is 33.1 Å². The fourth-order valence-corrected chi connectivity index (χ4v) is 4.77. The van der Waals surface area contributed by atoms with Gasteiger partial charge in [-0.2, -0.15) is 0 Å². The van der Waals surface area contributed by atoms with Crippen molar-refractivity contribution in [2.45, 2.75) is 32.9 Å². The van der Waals surface area contributed by atoms with Crippen LogP contribution in [0.2, 0.25) is 5.02 Å². The average molecular weight is 411 g/mol. The van der Waals surface area contributed by atoms with E-state index in [9.17, 15) is 0 Å². The maximum absolute atomic E-state index is 6.50. The van der Waals surface area contributed by atoms with Gasteiger partial charge >= 0.3 is 0 Å². The van der Waals surface area contributed by atoms with Crippen LogP contribution >= 0.6 is 23.8 Å². The van der Waals surface area contributed by atoms with E-state index in [1.807, 2.05) is 36.5 Å². The third kappa shape index (κ3) is 3.09. The number of para-hydroxylation sites is 1. The fraction of sp³-hybridized carbons (Fsp3) is 0.273. The normalized spacial score (nSPS) is 19.1. The molecule has 1 aliphatic rings. The average Bonchev–Trinajstić information content (AvgIpc) is 3.18. The van der Waals surface area contributed by atoms with E-state index in [-0.39, 0.29) is 12.1 Å². The zero-order chi connectivity index (χ0) is 19.8. The molecule has 3 heterocycles. The number of aromatic nitrogens is 2. The van der Waals surface area contributed by atoms with Crippen molar-refractivity contribution in [1.82, 2.24) is 19.8 Å². The number of thiocarbonyl (C=S) groups is 1. The van der Waals surface area contributed by atoms with Crippen LogP contribution in [0, 0.1) is 13.8 Å². The van der Waals surface area contributed by atoms with Crippen molar-refractivity contribution in [2.75, 3.05) is 6.54 Å². The number of nitrogens with one attached hydrogen (secondary N) is 1. The molecule has 0 saturated carbocycles. The zero-order valence-corrected chi connectivity index (χ0v) is 17.8. The van der Waals surface area contributed by atoms with Crippen LogP contribution in [0.1, 0.15) is 41.7 Å². The predicted molar refractivity (Wildman–Crippen MR) is 118 cm³/mol. The van der Waals surface area contributed by atoms with E-state index in [0.717, 1.165) is 33.8 Å². The quantitative estimate of drug-likeness (QED) is 0.604. The van der Waals surface area contributed by atoms with Crippen LogP contribution in [0.15, 0.2) is 54.7 Å². The highest BCUT2D eigenvalue weighted by molar-refractivity contribution is 7.80. The summed E-state index contributed by atoms with van der Waals surface area (Å²) in [5, 5.41) is 5.00. The van der Waals surface area contributed by atoms with Gasteiger partial charge in [0.15, 0.2) is 5.11 Å². The first-order valence-electron chi connectivity index (χ1n) is 9.44. The molecule has 1 N–H and O–H groups in total. The summed E-state index contributed by atoms with van der Waals surface area (Å²) in [5.41, 5.74) is 5.54. The third-order valence-corrected chi connectivity index (χ3v) is 6.09. The maximum Gasteiger partial charge on any atom is 0.170 e. The van der Waals surface area contributed by atoms with Crippen LogP contribution < -0.4 is 5.32 Å². The number of aryl methyl sites for hydroxylation is 1. The molecular formula is C22H23ClN4S. The van der Waals surface area contributed by atoms with Gasteiger partial charge in [-0.1, -0.05) is 29.8 Å². The first kappa shape index (κ1) is 19.0. The van der Waals surface area contributed by atoms with Gasteiger partial charge in [-0.05, 0) is 68.9 Å². The summed E-state index contributed by atoms with van der Waals surface area (Å²) in [5.74, 6) is 0. The minimum absolute atomic E-state index is 0.00819. The number of likely N-dealkylation sites (N-methyl/N-ethyl adjacent to an activating group) is 1. The van der Waals surface area contributed by atoms with E-state index in [2.05, 4.69) is 58.7 Å². The molecule has 0 aliphatic carbocycles. The van der Waals surface area contributed by atoms with Gasteiger partial charge in [0, 0.05) is 24.1 Å². The lowest BCUT2D eigenvalue weighted by atomic mass is 9.97. The van der Waals surface area contributed by atoms with E-state index in [0.29, 0.717) is 0 Å². The summed E-state index contributed by atoms with van der Waals surface area (Å²) in [6, 6.07) is 16.3. The van der Waals surface area contributed by atoms with Crippen molar-refractivity contribution in [3.8, 4) is 5.69 Å². The van der Waals surface area contributed by atoms with E-state index in [1.54, 1.807) is 0 Å². The molecule has 1 saturated heterocycles. The van der Waals surface area contributed by atoms with Crippen LogP contribution in [0.4, 0.5) is 0 Å². The Hall–Kier alpha value is -2.37. The summed E-state index contributed by atoms with van der Waals surface area (Å²) in [7, 11) is 0. The summed E-state index contributed by atoms with van der Waals surface area (Å²) < 4.78 is 2.22. The van der Waals surface area contributed by atoms with Gasteiger partial charge in [0.2, 0.25) is 0 Å². The molecule has 0 radical (unpaired) electrons. The lowest BCUT2D eigenvalue weighted by Gasteiger charge is -2.27. The summed E-state index contributed by atoms with van der Waals surface area (Å²) in [6.45, 7) is 7.23. The van der Waals surface area contributed by atoms with Crippen molar-refractivity contribution in [1.29, 1.82) is 0 Å². The molecule has 2 aromatic heterocycles. The number of hydrogen-bond donors (Lipinski definition) is 1.